The number of amides is 2. The molecule has 2 rings (SSSR count). The molecular weight excluding hydrogens is 300 g/mol. The van der Waals surface area contributed by atoms with E-state index in [9.17, 15) is 9.59 Å². The van der Waals surface area contributed by atoms with Gasteiger partial charge in [0, 0.05) is 19.3 Å². The van der Waals surface area contributed by atoms with Crippen LogP contribution in [0.1, 0.15) is 10.5 Å². The van der Waals surface area contributed by atoms with Crippen LogP contribution in [0.2, 0.25) is 15.1 Å². The second kappa shape index (κ2) is 5.30. The maximum Gasteiger partial charge on any atom is 0.274 e. The topological polar surface area (TPSA) is 62.3 Å². The average molecular weight is 309 g/mol. The molecular formula is C10H8Cl3N3O2. The fraction of sp³-hybridized carbons (Fsp3) is 0.300. The molecule has 0 aromatic carbocycles. The van der Waals surface area contributed by atoms with E-state index in [1.165, 1.54) is 11.1 Å². The normalized spacial score (nSPS) is 15.5. The number of hydrogen-bond acceptors (Lipinski definition) is 3. The summed E-state index contributed by atoms with van der Waals surface area (Å²) in [5.74, 6) is -0.654. The zero-order valence-corrected chi connectivity index (χ0v) is 11.3. The fourth-order valence-electron chi connectivity index (χ4n) is 1.55. The number of nitrogens with zero attached hydrogens (tertiary/aromatic N) is 2. The van der Waals surface area contributed by atoms with Crippen molar-refractivity contribution in [3.8, 4) is 0 Å². The highest BCUT2D eigenvalue weighted by Gasteiger charge is 2.26. The van der Waals surface area contributed by atoms with Gasteiger partial charge in [-0.05, 0) is 0 Å². The number of carbonyl (C=O) groups is 2. The zero-order chi connectivity index (χ0) is 13.3. The van der Waals surface area contributed by atoms with Gasteiger partial charge in [0.2, 0.25) is 5.91 Å². The van der Waals surface area contributed by atoms with Gasteiger partial charge in [-0.1, -0.05) is 34.8 Å². The van der Waals surface area contributed by atoms with Gasteiger partial charge < -0.3 is 10.2 Å². The molecule has 0 spiro atoms. The molecule has 0 aliphatic carbocycles. The highest BCUT2D eigenvalue weighted by atomic mass is 35.5. The molecule has 0 saturated carbocycles. The van der Waals surface area contributed by atoms with E-state index < -0.39 is 5.91 Å². The van der Waals surface area contributed by atoms with Crippen LogP contribution in [-0.4, -0.2) is 41.3 Å². The molecule has 1 aliphatic rings. The van der Waals surface area contributed by atoms with E-state index in [1.807, 2.05) is 0 Å². The minimum absolute atomic E-state index is 0.000137. The predicted octanol–water partition coefficient (Wildman–Crippen LogP) is 1.61. The Kier molecular flexibility index (Phi) is 3.94. The van der Waals surface area contributed by atoms with Crippen molar-refractivity contribution < 1.29 is 9.59 Å². The van der Waals surface area contributed by atoms with E-state index in [0.29, 0.717) is 13.1 Å². The predicted molar refractivity (Wildman–Crippen MR) is 68.2 cm³/mol. The second-order valence-electron chi connectivity index (χ2n) is 3.66. The van der Waals surface area contributed by atoms with E-state index >= 15 is 0 Å². The SMILES string of the molecule is O=C1CN(C(=O)c2ncc(Cl)c(Cl)c2Cl)CCN1. The summed E-state index contributed by atoms with van der Waals surface area (Å²) in [5, 5.41) is 2.88. The van der Waals surface area contributed by atoms with E-state index in [1.54, 1.807) is 0 Å². The third-order valence-electron chi connectivity index (χ3n) is 2.45. The number of halogens is 3. The first-order chi connectivity index (χ1) is 8.50. The minimum Gasteiger partial charge on any atom is -0.353 e. The lowest BCUT2D eigenvalue weighted by Crippen LogP contribution is -2.50. The Bertz CT molecular complexity index is 521. The Morgan fingerprint density at radius 1 is 1.33 bits per heavy atom. The van der Waals surface area contributed by atoms with Crippen LogP contribution >= 0.6 is 34.8 Å². The highest BCUT2D eigenvalue weighted by molar-refractivity contribution is 6.48. The molecule has 0 bridgehead atoms. The third kappa shape index (κ3) is 2.53. The number of nitrogens with one attached hydrogen (secondary N) is 1. The molecule has 2 heterocycles. The van der Waals surface area contributed by atoms with Crippen molar-refractivity contribution in [2.75, 3.05) is 19.6 Å². The molecule has 1 aliphatic heterocycles. The lowest BCUT2D eigenvalue weighted by Gasteiger charge is -2.26. The quantitative estimate of drug-likeness (QED) is 0.857. The fourth-order valence-corrected chi connectivity index (χ4v) is 2.12. The maximum atomic E-state index is 12.1. The van der Waals surface area contributed by atoms with Crippen LogP contribution in [0.25, 0.3) is 0 Å². The van der Waals surface area contributed by atoms with Crippen molar-refractivity contribution in [1.82, 2.24) is 15.2 Å². The van der Waals surface area contributed by atoms with Gasteiger partial charge in [-0.25, -0.2) is 4.98 Å². The molecule has 1 aromatic rings. The maximum absolute atomic E-state index is 12.1. The highest BCUT2D eigenvalue weighted by Crippen LogP contribution is 2.31. The lowest BCUT2D eigenvalue weighted by atomic mass is 10.2. The van der Waals surface area contributed by atoms with Crippen LogP contribution in [0.4, 0.5) is 0 Å². The molecule has 1 N–H and O–H groups in total. The van der Waals surface area contributed by atoms with Crippen molar-refractivity contribution in [2.45, 2.75) is 0 Å². The minimum atomic E-state index is -0.437. The summed E-state index contributed by atoms with van der Waals surface area (Å²) in [7, 11) is 0. The van der Waals surface area contributed by atoms with Crippen LogP contribution in [0.15, 0.2) is 6.20 Å². The molecule has 8 heteroatoms. The van der Waals surface area contributed by atoms with Crippen LogP contribution in [0, 0.1) is 0 Å². The van der Waals surface area contributed by atoms with Crippen molar-refractivity contribution in [3.63, 3.8) is 0 Å². The zero-order valence-electron chi connectivity index (χ0n) is 9.04. The van der Waals surface area contributed by atoms with Crippen molar-refractivity contribution in [1.29, 1.82) is 0 Å². The van der Waals surface area contributed by atoms with E-state index in [2.05, 4.69) is 10.3 Å². The van der Waals surface area contributed by atoms with Gasteiger partial charge in [0.15, 0.2) is 0 Å². The van der Waals surface area contributed by atoms with Gasteiger partial charge >= 0.3 is 0 Å². The van der Waals surface area contributed by atoms with Crippen LogP contribution < -0.4 is 5.32 Å². The molecule has 1 fully saturated rings. The molecule has 1 saturated heterocycles. The molecule has 96 valence electrons. The average Bonchev–Trinajstić information content (AvgIpc) is 2.35. The van der Waals surface area contributed by atoms with E-state index in [4.69, 9.17) is 34.8 Å². The standard InChI is InChI=1S/C10H8Cl3N3O2/c11-5-3-15-9(8(13)7(5)12)10(18)16-2-1-14-6(17)4-16/h3H,1-2,4H2,(H,14,17). The third-order valence-corrected chi connectivity index (χ3v) is 3.69. The lowest BCUT2D eigenvalue weighted by molar-refractivity contribution is -0.123. The number of aromatic nitrogens is 1. The van der Waals surface area contributed by atoms with Crippen LogP contribution in [0.3, 0.4) is 0 Å². The second-order valence-corrected chi connectivity index (χ2v) is 4.82. The molecule has 0 radical (unpaired) electrons. The first-order valence-electron chi connectivity index (χ1n) is 5.06. The first-order valence-corrected chi connectivity index (χ1v) is 6.19. The monoisotopic (exact) mass is 307 g/mol. The van der Waals surface area contributed by atoms with E-state index in [-0.39, 0.29) is 33.2 Å². The first kappa shape index (κ1) is 13.4. The van der Waals surface area contributed by atoms with Gasteiger partial charge in [0.1, 0.15) is 5.69 Å². The molecule has 2 amide bonds. The summed E-state index contributed by atoms with van der Waals surface area (Å²) < 4.78 is 0. The van der Waals surface area contributed by atoms with Gasteiger partial charge in [0.25, 0.3) is 5.91 Å². The van der Waals surface area contributed by atoms with Gasteiger partial charge in [0.05, 0.1) is 21.6 Å². The summed E-state index contributed by atoms with van der Waals surface area (Å²) in [6.07, 6.45) is 1.26. The number of hydrogen-bond donors (Lipinski definition) is 1. The molecule has 0 atom stereocenters. The Morgan fingerprint density at radius 3 is 2.72 bits per heavy atom. The van der Waals surface area contributed by atoms with Crippen molar-refractivity contribution in [3.05, 3.63) is 27.0 Å². The molecule has 0 unspecified atom stereocenters. The Morgan fingerprint density at radius 2 is 2.06 bits per heavy atom. The molecule has 5 nitrogen and oxygen atoms in total. The smallest absolute Gasteiger partial charge is 0.274 e. The Hall–Kier alpha value is -1.04. The largest absolute Gasteiger partial charge is 0.353 e. The molecule has 18 heavy (non-hydrogen) atoms. The van der Waals surface area contributed by atoms with Crippen molar-refractivity contribution >= 4 is 46.6 Å². The number of piperazine rings is 1. The Balaban J connectivity index is 2.29. The van der Waals surface area contributed by atoms with Crippen LogP contribution in [0.5, 0.6) is 0 Å². The van der Waals surface area contributed by atoms with Crippen molar-refractivity contribution in [2.24, 2.45) is 0 Å². The summed E-state index contributed by atoms with van der Waals surface area (Å²) in [5.41, 5.74) is 0.000710. The van der Waals surface area contributed by atoms with Gasteiger partial charge in [-0.3, -0.25) is 9.59 Å². The summed E-state index contributed by atoms with van der Waals surface area (Å²) in [6.45, 7) is 0.795. The summed E-state index contributed by atoms with van der Waals surface area (Å²) in [4.78, 5) is 28.6. The van der Waals surface area contributed by atoms with Crippen LogP contribution in [-0.2, 0) is 4.79 Å². The number of pyridine rings is 1. The van der Waals surface area contributed by atoms with Gasteiger partial charge in [-0.15, -0.1) is 0 Å². The Labute approximate surface area is 118 Å². The number of carbonyl (C=O) groups excluding carboxylic acids is 2. The summed E-state index contributed by atoms with van der Waals surface area (Å²) in [6, 6.07) is 0. The summed E-state index contributed by atoms with van der Waals surface area (Å²) >= 11 is 17.5. The van der Waals surface area contributed by atoms with Gasteiger partial charge in [-0.2, -0.15) is 0 Å². The molecule has 1 aromatic heterocycles. The van der Waals surface area contributed by atoms with E-state index in [0.717, 1.165) is 0 Å². The number of rotatable bonds is 1.